The molecule has 0 aliphatic carbocycles. The number of hydrogen-bond donors (Lipinski definition) is 1. The third-order valence-corrected chi connectivity index (χ3v) is 4.53. The Kier molecular flexibility index (Phi) is 6.63. The molecule has 1 aromatic carbocycles. The van der Waals surface area contributed by atoms with Gasteiger partial charge >= 0.3 is 5.97 Å². The average Bonchev–Trinajstić information content (AvgIpc) is 2.77. The highest BCUT2D eigenvalue weighted by atomic mass is 16.4. The van der Waals surface area contributed by atoms with Crippen molar-refractivity contribution in [3.8, 4) is 0 Å². The molecule has 1 fully saturated rings. The van der Waals surface area contributed by atoms with Crippen LogP contribution >= 0.6 is 0 Å². The number of benzene rings is 1. The number of unbranched alkanes of at least 4 members (excludes halogenated alkanes) is 1. The first kappa shape index (κ1) is 17.5. The SMILES string of the molecule is Cc1cccc(C2CCCCCN2C(=O)CCCCC(=O)O)c1. The zero-order chi connectivity index (χ0) is 16.7. The number of likely N-dealkylation sites (tertiary alicyclic amines) is 1. The van der Waals surface area contributed by atoms with Crippen LogP contribution < -0.4 is 0 Å². The van der Waals surface area contributed by atoms with E-state index in [1.807, 2.05) is 4.90 Å². The maximum atomic E-state index is 12.6. The van der Waals surface area contributed by atoms with Crippen molar-refractivity contribution < 1.29 is 14.7 Å². The Bertz CT molecular complexity index is 541. The summed E-state index contributed by atoms with van der Waals surface area (Å²) >= 11 is 0. The summed E-state index contributed by atoms with van der Waals surface area (Å²) in [4.78, 5) is 25.2. The topological polar surface area (TPSA) is 57.6 Å². The summed E-state index contributed by atoms with van der Waals surface area (Å²) in [5.74, 6) is -0.617. The van der Waals surface area contributed by atoms with E-state index in [4.69, 9.17) is 5.11 Å². The van der Waals surface area contributed by atoms with Gasteiger partial charge in [-0.1, -0.05) is 42.7 Å². The van der Waals surface area contributed by atoms with Gasteiger partial charge in [-0.25, -0.2) is 0 Å². The van der Waals surface area contributed by atoms with E-state index >= 15 is 0 Å². The van der Waals surface area contributed by atoms with E-state index in [-0.39, 0.29) is 18.4 Å². The summed E-state index contributed by atoms with van der Waals surface area (Å²) in [5, 5.41) is 8.69. The molecule has 1 unspecified atom stereocenters. The Hall–Kier alpha value is -1.84. The molecule has 0 saturated carbocycles. The molecular formula is C19H27NO3. The molecule has 126 valence electrons. The van der Waals surface area contributed by atoms with E-state index in [1.54, 1.807) is 0 Å². The van der Waals surface area contributed by atoms with E-state index in [9.17, 15) is 9.59 Å². The lowest BCUT2D eigenvalue weighted by Gasteiger charge is -2.31. The van der Waals surface area contributed by atoms with Gasteiger partial charge in [0.1, 0.15) is 0 Å². The molecule has 0 spiro atoms. The molecule has 1 aromatic rings. The highest BCUT2D eigenvalue weighted by Crippen LogP contribution is 2.31. The van der Waals surface area contributed by atoms with Crippen LogP contribution in [0.3, 0.4) is 0 Å². The molecule has 23 heavy (non-hydrogen) atoms. The normalized spacial score (nSPS) is 18.5. The molecule has 1 aliphatic rings. The minimum atomic E-state index is -0.787. The number of carboxylic acids is 1. The quantitative estimate of drug-likeness (QED) is 0.804. The first-order valence-electron chi connectivity index (χ1n) is 8.66. The van der Waals surface area contributed by atoms with Crippen molar-refractivity contribution >= 4 is 11.9 Å². The zero-order valence-corrected chi connectivity index (χ0v) is 14.0. The van der Waals surface area contributed by atoms with Gasteiger partial charge < -0.3 is 10.0 Å². The van der Waals surface area contributed by atoms with Gasteiger partial charge in [0, 0.05) is 19.4 Å². The predicted octanol–water partition coefficient (Wildman–Crippen LogP) is 4.08. The first-order chi connectivity index (χ1) is 11.1. The van der Waals surface area contributed by atoms with Crippen molar-refractivity contribution in [1.29, 1.82) is 0 Å². The number of aliphatic carboxylic acids is 1. The number of carbonyl (C=O) groups is 2. The Morgan fingerprint density at radius 2 is 1.96 bits per heavy atom. The minimum Gasteiger partial charge on any atom is -0.481 e. The fourth-order valence-electron chi connectivity index (χ4n) is 3.33. The Balaban J connectivity index is 2.02. The van der Waals surface area contributed by atoms with E-state index in [2.05, 4.69) is 31.2 Å². The van der Waals surface area contributed by atoms with Gasteiger partial charge in [-0.2, -0.15) is 0 Å². The number of nitrogens with zero attached hydrogens (tertiary/aromatic N) is 1. The van der Waals surface area contributed by atoms with Crippen molar-refractivity contribution in [2.75, 3.05) is 6.54 Å². The highest BCUT2D eigenvalue weighted by Gasteiger charge is 2.26. The molecule has 0 aromatic heterocycles. The van der Waals surface area contributed by atoms with Crippen molar-refractivity contribution in [2.24, 2.45) is 0 Å². The van der Waals surface area contributed by atoms with Crippen LogP contribution in [0.25, 0.3) is 0 Å². The number of hydrogen-bond acceptors (Lipinski definition) is 2. The van der Waals surface area contributed by atoms with E-state index in [1.165, 1.54) is 17.5 Å². The molecule has 1 amide bonds. The van der Waals surface area contributed by atoms with Gasteiger partial charge in [-0.05, 0) is 38.2 Å². The van der Waals surface area contributed by atoms with E-state index in [0.29, 0.717) is 19.3 Å². The standard InChI is InChI=1S/C19H27NO3/c1-15-8-7-9-16(14-15)17-10-3-2-6-13-20(17)18(21)11-4-5-12-19(22)23/h7-9,14,17H,2-6,10-13H2,1H3,(H,22,23). The van der Waals surface area contributed by atoms with Gasteiger partial charge in [0.25, 0.3) is 0 Å². The molecule has 1 heterocycles. The lowest BCUT2D eigenvalue weighted by Crippen LogP contribution is -2.34. The molecule has 2 rings (SSSR count). The number of carboxylic acid groups (broad SMARTS) is 1. The summed E-state index contributed by atoms with van der Waals surface area (Å²) in [7, 11) is 0. The van der Waals surface area contributed by atoms with Gasteiger partial charge in [0.05, 0.1) is 6.04 Å². The fourth-order valence-corrected chi connectivity index (χ4v) is 3.33. The largest absolute Gasteiger partial charge is 0.481 e. The van der Waals surface area contributed by atoms with Crippen molar-refractivity contribution in [3.63, 3.8) is 0 Å². The van der Waals surface area contributed by atoms with Crippen LogP contribution in [0.15, 0.2) is 24.3 Å². The summed E-state index contributed by atoms with van der Waals surface area (Å²) in [5.41, 5.74) is 2.45. The van der Waals surface area contributed by atoms with Gasteiger partial charge in [0.2, 0.25) is 5.91 Å². The van der Waals surface area contributed by atoms with Gasteiger partial charge in [0.15, 0.2) is 0 Å². The first-order valence-corrected chi connectivity index (χ1v) is 8.66. The Morgan fingerprint density at radius 3 is 2.70 bits per heavy atom. The van der Waals surface area contributed by atoms with Gasteiger partial charge in [-0.3, -0.25) is 9.59 Å². The van der Waals surface area contributed by atoms with Gasteiger partial charge in [-0.15, -0.1) is 0 Å². The smallest absolute Gasteiger partial charge is 0.303 e. The molecule has 1 atom stereocenters. The third-order valence-electron chi connectivity index (χ3n) is 4.53. The van der Waals surface area contributed by atoms with Crippen LogP contribution in [0.2, 0.25) is 0 Å². The highest BCUT2D eigenvalue weighted by molar-refractivity contribution is 5.77. The van der Waals surface area contributed by atoms with E-state index < -0.39 is 5.97 Å². The van der Waals surface area contributed by atoms with Crippen LogP contribution in [0.1, 0.15) is 68.5 Å². The lowest BCUT2D eigenvalue weighted by atomic mass is 9.98. The van der Waals surface area contributed by atoms with Crippen LogP contribution in [-0.4, -0.2) is 28.4 Å². The van der Waals surface area contributed by atoms with Crippen molar-refractivity contribution in [3.05, 3.63) is 35.4 Å². The number of aryl methyl sites for hydroxylation is 1. The zero-order valence-electron chi connectivity index (χ0n) is 14.0. The third kappa shape index (κ3) is 5.38. The summed E-state index contributed by atoms with van der Waals surface area (Å²) in [6.45, 7) is 2.90. The Morgan fingerprint density at radius 1 is 1.17 bits per heavy atom. The average molecular weight is 317 g/mol. The summed E-state index contributed by atoms with van der Waals surface area (Å²) in [6.07, 6.45) is 6.23. The fraction of sp³-hybridized carbons (Fsp3) is 0.579. The maximum absolute atomic E-state index is 12.6. The van der Waals surface area contributed by atoms with Crippen LogP contribution in [0.4, 0.5) is 0 Å². The van der Waals surface area contributed by atoms with Crippen molar-refractivity contribution in [1.82, 2.24) is 4.90 Å². The predicted molar refractivity (Wildman–Crippen MR) is 90.2 cm³/mol. The number of rotatable bonds is 6. The van der Waals surface area contributed by atoms with Crippen LogP contribution in [-0.2, 0) is 9.59 Å². The lowest BCUT2D eigenvalue weighted by molar-refractivity contribution is -0.138. The molecule has 1 saturated heterocycles. The second-order valence-corrected chi connectivity index (χ2v) is 6.47. The Labute approximate surface area is 138 Å². The molecule has 1 N–H and O–H groups in total. The number of carbonyl (C=O) groups excluding carboxylic acids is 1. The molecule has 1 aliphatic heterocycles. The molecule has 4 heteroatoms. The maximum Gasteiger partial charge on any atom is 0.303 e. The molecule has 0 bridgehead atoms. The second kappa shape index (κ2) is 8.70. The molecule has 0 radical (unpaired) electrons. The molecule has 4 nitrogen and oxygen atoms in total. The van der Waals surface area contributed by atoms with E-state index in [0.717, 1.165) is 25.8 Å². The van der Waals surface area contributed by atoms with Crippen LogP contribution in [0.5, 0.6) is 0 Å². The van der Waals surface area contributed by atoms with Crippen LogP contribution in [0, 0.1) is 6.92 Å². The molecular weight excluding hydrogens is 290 g/mol. The number of amides is 1. The minimum absolute atomic E-state index is 0.147. The monoisotopic (exact) mass is 317 g/mol. The summed E-state index contributed by atoms with van der Waals surface area (Å²) < 4.78 is 0. The second-order valence-electron chi connectivity index (χ2n) is 6.47. The summed E-state index contributed by atoms with van der Waals surface area (Å²) in [6, 6.07) is 8.61. The van der Waals surface area contributed by atoms with Crippen molar-refractivity contribution in [2.45, 2.75) is 64.3 Å².